The van der Waals surface area contributed by atoms with Crippen molar-refractivity contribution in [3.05, 3.63) is 76.7 Å². The molecule has 10 heteroatoms. The summed E-state index contributed by atoms with van der Waals surface area (Å²) < 4.78 is 15.0. The molecule has 0 saturated heterocycles. The fraction of sp³-hybridized carbons (Fsp3) is 0.100. The highest BCUT2D eigenvalue weighted by Gasteiger charge is 2.12. The molecule has 0 fully saturated rings. The summed E-state index contributed by atoms with van der Waals surface area (Å²) >= 11 is 5.78. The zero-order valence-corrected chi connectivity index (χ0v) is 16.3. The number of nitrogens with zero attached hydrogens (tertiary/aromatic N) is 3. The molecule has 152 valence electrons. The predicted molar refractivity (Wildman–Crippen MR) is 109 cm³/mol. The van der Waals surface area contributed by atoms with Crippen LogP contribution in [0.25, 0.3) is 5.69 Å². The van der Waals surface area contributed by atoms with Gasteiger partial charge in [-0.05, 0) is 36.4 Å². The maximum atomic E-state index is 13.7. The number of anilines is 1. The molecule has 0 unspecified atom stereocenters. The Labute approximate surface area is 176 Å². The fourth-order valence-electron chi connectivity index (χ4n) is 2.56. The third kappa shape index (κ3) is 5.12. The summed E-state index contributed by atoms with van der Waals surface area (Å²) in [5, 5.41) is 21.5. The number of nitriles is 1. The lowest BCUT2D eigenvalue weighted by atomic mass is 10.2. The number of urea groups is 1. The Morgan fingerprint density at radius 1 is 1.10 bits per heavy atom. The van der Waals surface area contributed by atoms with Crippen molar-refractivity contribution in [3.63, 3.8) is 0 Å². The molecule has 3 rings (SSSR count). The SMILES string of the molecule is N#Cc1c(F)cccc1-n1ccc(NC(=O)NCCNC(=O)c2ccc(Cl)cc2)n1. The lowest BCUT2D eigenvalue weighted by molar-refractivity contribution is 0.0954. The van der Waals surface area contributed by atoms with Gasteiger partial charge in [0, 0.05) is 35.9 Å². The van der Waals surface area contributed by atoms with Crippen molar-refractivity contribution in [2.24, 2.45) is 0 Å². The minimum Gasteiger partial charge on any atom is -0.350 e. The Balaban J connectivity index is 1.48. The summed E-state index contributed by atoms with van der Waals surface area (Å²) in [6.45, 7) is 0.409. The molecule has 8 nitrogen and oxygen atoms in total. The van der Waals surface area contributed by atoms with Gasteiger partial charge >= 0.3 is 6.03 Å². The van der Waals surface area contributed by atoms with E-state index in [2.05, 4.69) is 21.0 Å². The van der Waals surface area contributed by atoms with Gasteiger partial charge in [0.1, 0.15) is 17.4 Å². The Kier molecular flexibility index (Phi) is 6.62. The van der Waals surface area contributed by atoms with Gasteiger partial charge in [-0.3, -0.25) is 10.1 Å². The second kappa shape index (κ2) is 9.54. The number of hydrogen-bond acceptors (Lipinski definition) is 4. The fourth-order valence-corrected chi connectivity index (χ4v) is 2.68. The number of halogens is 2. The first-order valence-corrected chi connectivity index (χ1v) is 9.19. The molecule has 1 aromatic heterocycles. The molecule has 2 aromatic carbocycles. The average molecular weight is 427 g/mol. The van der Waals surface area contributed by atoms with Crippen LogP contribution in [-0.2, 0) is 0 Å². The number of hydrogen-bond donors (Lipinski definition) is 3. The Morgan fingerprint density at radius 2 is 1.83 bits per heavy atom. The van der Waals surface area contributed by atoms with E-state index in [0.717, 1.165) is 0 Å². The summed E-state index contributed by atoms with van der Waals surface area (Å²) in [4.78, 5) is 23.9. The molecule has 3 amide bonds. The zero-order valence-electron chi connectivity index (χ0n) is 15.5. The van der Waals surface area contributed by atoms with E-state index in [1.54, 1.807) is 36.4 Å². The molecule has 0 atom stereocenters. The maximum absolute atomic E-state index is 13.7. The molecule has 0 saturated carbocycles. The van der Waals surface area contributed by atoms with Gasteiger partial charge in [0.15, 0.2) is 5.82 Å². The van der Waals surface area contributed by atoms with E-state index in [0.29, 0.717) is 10.6 Å². The number of carbonyl (C=O) groups is 2. The van der Waals surface area contributed by atoms with Gasteiger partial charge < -0.3 is 10.6 Å². The third-order valence-corrected chi connectivity index (χ3v) is 4.24. The van der Waals surface area contributed by atoms with Gasteiger partial charge in [0.2, 0.25) is 0 Å². The lowest BCUT2D eigenvalue weighted by Gasteiger charge is -2.08. The zero-order chi connectivity index (χ0) is 21.5. The Bertz CT molecular complexity index is 1110. The van der Waals surface area contributed by atoms with Crippen LogP contribution < -0.4 is 16.0 Å². The molecule has 0 aliphatic carbocycles. The first kappa shape index (κ1) is 20.8. The topological polar surface area (TPSA) is 112 Å². The van der Waals surface area contributed by atoms with Crippen LogP contribution in [0.2, 0.25) is 5.02 Å². The summed E-state index contributed by atoms with van der Waals surface area (Å²) in [5.74, 6) is -0.722. The van der Waals surface area contributed by atoms with Crippen LogP contribution in [-0.4, -0.2) is 34.8 Å². The van der Waals surface area contributed by atoms with E-state index in [-0.39, 0.29) is 36.1 Å². The van der Waals surface area contributed by atoms with E-state index in [9.17, 15) is 14.0 Å². The molecule has 0 aliphatic heterocycles. The molecular formula is C20H16ClFN6O2. The normalized spacial score (nSPS) is 10.2. The smallest absolute Gasteiger partial charge is 0.320 e. The number of rotatable bonds is 6. The third-order valence-electron chi connectivity index (χ3n) is 3.98. The molecule has 3 aromatic rings. The highest BCUT2D eigenvalue weighted by atomic mass is 35.5. The van der Waals surface area contributed by atoms with Crippen LogP contribution in [0.3, 0.4) is 0 Å². The summed E-state index contributed by atoms with van der Waals surface area (Å²) in [6.07, 6.45) is 1.50. The van der Waals surface area contributed by atoms with Crippen molar-refractivity contribution >= 4 is 29.4 Å². The monoisotopic (exact) mass is 426 g/mol. The van der Waals surface area contributed by atoms with Crippen molar-refractivity contribution in [2.75, 3.05) is 18.4 Å². The minimum atomic E-state index is -0.654. The van der Waals surface area contributed by atoms with Gasteiger partial charge in [-0.15, -0.1) is 5.10 Å². The molecule has 0 aliphatic rings. The molecule has 0 bridgehead atoms. The van der Waals surface area contributed by atoms with Crippen LogP contribution in [0.5, 0.6) is 0 Å². The summed E-state index contributed by atoms with van der Waals surface area (Å²) in [7, 11) is 0. The average Bonchev–Trinajstić information content (AvgIpc) is 3.19. The van der Waals surface area contributed by atoms with Crippen LogP contribution in [0.1, 0.15) is 15.9 Å². The number of benzene rings is 2. The van der Waals surface area contributed by atoms with E-state index in [1.165, 1.54) is 29.1 Å². The minimum absolute atomic E-state index is 0.145. The van der Waals surface area contributed by atoms with Crippen molar-refractivity contribution < 1.29 is 14.0 Å². The molecule has 3 N–H and O–H groups in total. The van der Waals surface area contributed by atoms with Gasteiger partial charge in [0.05, 0.1) is 5.69 Å². The van der Waals surface area contributed by atoms with Crippen molar-refractivity contribution in [1.29, 1.82) is 5.26 Å². The van der Waals surface area contributed by atoms with E-state index in [4.69, 9.17) is 16.9 Å². The summed E-state index contributed by atoms with van der Waals surface area (Å²) in [6, 6.07) is 13.4. The Hall–Kier alpha value is -3.90. The van der Waals surface area contributed by atoms with E-state index >= 15 is 0 Å². The van der Waals surface area contributed by atoms with Gasteiger partial charge in [-0.1, -0.05) is 17.7 Å². The molecular weight excluding hydrogens is 411 g/mol. The van der Waals surface area contributed by atoms with Crippen LogP contribution in [0.4, 0.5) is 15.0 Å². The standard InChI is InChI=1S/C20H16ClFN6O2/c21-14-6-4-13(5-7-14)19(29)24-9-10-25-20(30)26-18-8-11-28(27-18)17-3-1-2-16(22)15(17)12-23/h1-8,11H,9-10H2,(H,24,29)(H2,25,26,27,30). The molecule has 0 spiro atoms. The Morgan fingerprint density at radius 3 is 2.57 bits per heavy atom. The predicted octanol–water partition coefficient (Wildman–Crippen LogP) is 3.09. The van der Waals surface area contributed by atoms with E-state index in [1.807, 2.05) is 0 Å². The van der Waals surface area contributed by atoms with Gasteiger partial charge in [-0.25, -0.2) is 13.9 Å². The largest absolute Gasteiger partial charge is 0.350 e. The number of carbonyl (C=O) groups excluding carboxylic acids is 2. The van der Waals surface area contributed by atoms with Gasteiger partial charge in [0.25, 0.3) is 5.91 Å². The van der Waals surface area contributed by atoms with Crippen LogP contribution in [0.15, 0.2) is 54.7 Å². The van der Waals surface area contributed by atoms with E-state index < -0.39 is 11.8 Å². The van der Waals surface area contributed by atoms with Gasteiger partial charge in [-0.2, -0.15) is 5.26 Å². The van der Waals surface area contributed by atoms with Crippen LogP contribution in [0, 0.1) is 17.1 Å². The maximum Gasteiger partial charge on any atom is 0.320 e. The second-order valence-corrected chi connectivity index (χ2v) is 6.47. The number of nitrogens with one attached hydrogen (secondary N) is 3. The quantitative estimate of drug-likeness (QED) is 0.526. The van der Waals surface area contributed by atoms with Crippen molar-refractivity contribution in [1.82, 2.24) is 20.4 Å². The van der Waals surface area contributed by atoms with Crippen LogP contribution >= 0.6 is 11.6 Å². The molecule has 30 heavy (non-hydrogen) atoms. The highest BCUT2D eigenvalue weighted by molar-refractivity contribution is 6.30. The first-order chi connectivity index (χ1) is 14.5. The number of amides is 3. The summed E-state index contributed by atoms with van der Waals surface area (Å²) in [5.41, 5.74) is 0.576. The first-order valence-electron chi connectivity index (χ1n) is 8.81. The van der Waals surface area contributed by atoms with Crippen molar-refractivity contribution in [3.8, 4) is 11.8 Å². The molecule has 0 radical (unpaired) electrons. The second-order valence-electron chi connectivity index (χ2n) is 6.04. The highest BCUT2D eigenvalue weighted by Crippen LogP contribution is 2.17. The van der Waals surface area contributed by atoms with Crippen molar-refractivity contribution in [2.45, 2.75) is 0 Å². The molecule has 1 heterocycles. The lowest BCUT2D eigenvalue weighted by Crippen LogP contribution is -2.36. The number of aromatic nitrogens is 2.